The molecule has 4 aromatic rings. The zero-order chi connectivity index (χ0) is 18.1. The fraction of sp³-hybridized carbons (Fsp3) is 0.227. The summed E-state index contributed by atoms with van der Waals surface area (Å²) in [5.41, 5.74) is 4.10. The van der Waals surface area contributed by atoms with Crippen LogP contribution in [0.25, 0.3) is 33.1 Å². The van der Waals surface area contributed by atoms with Crippen molar-refractivity contribution < 1.29 is 8.83 Å². The van der Waals surface area contributed by atoms with Gasteiger partial charge in [0, 0.05) is 35.0 Å². The molecule has 26 heavy (non-hydrogen) atoms. The second-order valence-electron chi connectivity index (χ2n) is 6.41. The van der Waals surface area contributed by atoms with E-state index in [2.05, 4.69) is 36.9 Å². The minimum atomic E-state index is -0.325. The highest BCUT2D eigenvalue weighted by atomic mass is 16.4. The molecule has 0 fully saturated rings. The normalized spacial score (nSPS) is 11.7. The highest BCUT2D eigenvalue weighted by Crippen LogP contribution is 2.34. The molecule has 4 nitrogen and oxygen atoms in total. The Kier molecular flexibility index (Phi) is 4.35. The van der Waals surface area contributed by atoms with Gasteiger partial charge in [-0.15, -0.1) is 0 Å². The van der Waals surface area contributed by atoms with Gasteiger partial charge in [0.05, 0.1) is 6.26 Å². The summed E-state index contributed by atoms with van der Waals surface area (Å²) in [4.78, 5) is 14.3. The van der Waals surface area contributed by atoms with Crippen LogP contribution in [0.3, 0.4) is 0 Å². The maximum atomic E-state index is 12.0. The van der Waals surface area contributed by atoms with Crippen LogP contribution < -0.4 is 5.63 Å². The molecule has 0 amide bonds. The number of nitrogens with zero attached hydrogens (tertiary/aromatic N) is 1. The molecule has 0 bridgehead atoms. The molecule has 2 aromatic carbocycles. The van der Waals surface area contributed by atoms with Gasteiger partial charge in [0.2, 0.25) is 0 Å². The number of furan rings is 1. The first-order chi connectivity index (χ1) is 12.7. The van der Waals surface area contributed by atoms with Crippen molar-refractivity contribution in [1.29, 1.82) is 0 Å². The van der Waals surface area contributed by atoms with Crippen molar-refractivity contribution in [2.75, 3.05) is 13.1 Å². The number of hydrogen-bond acceptors (Lipinski definition) is 4. The Morgan fingerprint density at radius 2 is 1.69 bits per heavy atom. The van der Waals surface area contributed by atoms with E-state index in [-0.39, 0.29) is 5.63 Å². The minimum Gasteiger partial charge on any atom is -0.464 e. The first-order valence-electron chi connectivity index (χ1n) is 8.95. The summed E-state index contributed by atoms with van der Waals surface area (Å²) >= 11 is 0. The number of hydrogen-bond donors (Lipinski definition) is 0. The first-order valence-corrected chi connectivity index (χ1v) is 8.95. The highest BCUT2D eigenvalue weighted by molar-refractivity contribution is 6.02. The minimum absolute atomic E-state index is 0.325. The zero-order valence-electron chi connectivity index (χ0n) is 15.0. The molecule has 132 valence electrons. The smallest absolute Gasteiger partial charge is 0.336 e. The summed E-state index contributed by atoms with van der Waals surface area (Å²) in [5, 5.41) is 1.99. The van der Waals surface area contributed by atoms with Crippen LogP contribution in [0.4, 0.5) is 0 Å². The lowest BCUT2D eigenvalue weighted by atomic mass is 10.0. The Balaban J connectivity index is 1.94. The van der Waals surface area contributed by atoms with E-state index in [4.69, 9.17) is 8.83 Å². The van der Waals surface area contributed by atoms with Gasteiger partial charge in [0.15, 0.2) is 0 Å². The maximum absolute atomic E-state index is 12.0. The van der Waals surface area contributed by atoms with Gasteiger partial charge in [-0.3, -0.25) is 4.90 Å². The van der Waals surface area contributed by atoms with E-state index < -0.39 is 0 Å². The number of rotatable bonds is 5. The molecular weight excluding hydrogens is 326 g/mol. The predicted molar refractivity (Wildman–Crippen MR) is 104 cm³/mol. The molecule has 0 aliphatic carbocycles. The molecule has 4 heteroatoms. The Morgan fingerprint density at radius 1 is 0.923 bits per heavy atom. The van der Waals surface area contributed by atoms with E-state index in [1.807, 2.05) is 24.3 Å². The van der Waals surface area contributed by atoms with Crippen LogP contribution in [0.15, 0.2) is 68.4 Å². The van der Waals surface area contributed by atoms with Crippen LogP contribution in [-0.4, -0.2) is 18.0 Å². The van der Waals surface area contributed by atoms with Gasteiger partial charge in [0.25, 0.3) is 0 Å². The summed E-state index contributed by atoms with van der Waals surface area (Å²) in [5.74, 6) is 0. The average molecular weight is 347 g/mol. The van der Waals surface area contributed by atoms with Crippen molar-refractivity contribution in [3.63, 3.8) is 0 Å². The van der Waals surface area contributed by atoms with E-state index in [1.54, 1.807) is 12.3 Å². The molecule has 4 rings (SSSR count). The monoisotopic (exact) mass is 347 g/mol. The molecular formula is C22H21NO3. The summed E-state index contributed by atoms with van der Waals surface area (Å²) in [6.45, 7) is 6.83. The zero-order valence-corrected chi connectivity index (χ0v) is 15.0. The van der Waals surface area contributed by atoms with Crippen molar-refractivity contribution in [1.82, 2.24) is 4.90 Å². The Morgan fingerprint density at radius 3 is 2.42 bits per heavy atom. The van der Waals surface area contributed by atoms with Crippen LogP contribution in [0.5, 0.6) is 0 Å². The fourth-order valence-electron chi connectivity index (χ4n) is 3.41. The van der Waals surface area contributed by atoms with Gasteiger partial charge >= 0.3 is 5.63 Å². The SMILES string of the molecule is CCN(CC)Cc1cc(=O)oc2cc3occ(-c4ccccc4)c3cc12. The molecule has 0 N–H and O–H groups in total. The lowest BCUT2D eigenvalue weighted by Gasteiger charge is -2.18. The van der Waals surface area contributed by atoms with Crippen molar-refractivity contribution in [3.8, 4) is 11.1 Å². The van der Waals surface area contributed by atoms with E-state index in [1.165, 1.54) is 0 Å². The van der Waals surface area contributed by atoms with Crippen LogP contribution in [0.1, 0.15) is 19.4 Å². The summed E-state index contributed by atoms with van der Waals surface area (Å²) in [6.07, 6.45) is 1.76. The van der Waals surface area contributed by atoms with Gasteiger partial charge in [-0.25, -0.2) is 4.79 Å². The lowest BCUT2D eigenvalue weighted by molar-refractivity contribution is 0.296. The standard InChI is InChI=1S/C22H21NO3/c1-3-23(4-2)13-16-10-22(24)26-21-12-20-18(11-17(16)21)19(14-25-20)15-8-6-5-7-9-15/h5-12,14H,3-4,13H2,1-2H3. The van der Waals surface area contributed by atoms with Crippen molar-refractivity contribution >= 4 is 21.9 Å². The van der Waals surface area contributed by atoms with Crippen molar-refractivity contribution in [2.24, 2.45) is 0 Å². The van der Waals surface area contributed by atoms with Crippen molar-refractivity contribution in [2.45, 2.75) is 20.4 Å². The van der Waals surface area contributed by atoms with Crippen molar-refractivity contribution in [3.05, 3.63) is 70.8 Å². The Hall–Kier alpha value is -2.85. The third-order valence-corrected chi connectivity index (χ3v) is 4.90. The highest BCUT2D eigenvalue weighted by Gasteiger charge is 2.14. The molecule has 0 radical (unpaired) electrons. The van der Waals surface area contributed by atoms with E-state index >= 15 is 0 Å². The second kappa shape index (κ2) is 6.81. The largest absolute Gasteiger partial charge is 0.464 e. The summed E-state index contributed by atoms with van der Waals surface area (Å²) in [6, 6.07) is 15.7. The lowest BCUT2D eigenvalue weighted by Crippen LogP contribution is -2.22. The van der Waals surface area contributed by atoms with Gasteiger partial charge in [-0.2, -0.15) is 0 Å². The van der Waals surface area contributed by atoms with Crippen LogP contribution >= 0.6 is 0 Å². The quantitative estimate of drug-likeness (QED) is 0.474. The molecule has 0 unspecified atom stereocenters. The molecule has 0 aliphatic heterocycles. The maximum Gasteiger partial charge on any atom is 0.336 e. The average Bonchev–Trinajstić information content (AvgIpc) is 3.07. The first kappa shape index (κ1) is 16.6. The third-order valence-electron chi connectivity index (χ3n) is 4.90. The number of fused-ring (bicyclic) bond motifs is 2. The topological polar surface area (TPSA) is 46.6 Å². The van der Waals surface area contributed by atoms with Gasteiger partial charge in [0.1, 0.15) is 11.2 Å². The van der Waals surface area contributed by atoms with E-state index in [9.17, 15) is 4.79 Å². The Bertz CT molecular complexity index is 1100. The predicted octanol–water partition coefficient (Wildman–Crippen LogP) is 5.05. The van der Waals surface area contributed by atoms with Crippen LogP contribution in [0.2, 0.25) is 0 Å². The molecule has 0 saturated carbocycles. The van der Waals surface area contributed by atoms with Gasteiger partial charge < -0.3 is 8.83 Å². The number of benzene rings is 2. The fourth-order valence-corrected chi connectivity index (χ4v) is 3.41. The van der Waals surface area contributed by atoms with Gasteiger partial charge in [-0.05, 0) is 30.3 Å². The van der Waals surface area contributed by atoms with Gasteiger partial charge in [-0.1, -0.05) is 44.2 Å². The molecule has 0 saturated heterocycles. The summed E-state index contributed by atoms with van der Waals surface area (Å²) < 4.78 is 11.2. The molecule has 2 heterocycles. The summed E-state index contributed by atoms with van der Waals surface area (Å²) in [7, 11) is 0. The second-order valence-corrected chi connectivity index (χ2v) is 6.41. The van der Waals surface area contributed by atoms with Crippen LogP contribution in [0, 0.1) is 0 Å². The van der Waals surface area contributed by atoms with E-state index in [0.29, 0.717) is 5.58 Å². The molecule has 0 atom stereocenters. The molecule has 0 aliphatic rings. The molecule has 2 aromatic heterocycles. The third kappa shape index (κ3) is 2.93. The van der Waals surface area contributed by atoms with Crippen LogP contribution in [-0.2, 0) is 6.54 Å². The Labute approximate surface area is 151 Å². The molecule has 0 spiro atoms. The van der Waals surface area contributed by atoms with E-state index in [0.717, 1.165) is 52.7 Å².